The maximum Gasteiger partial charge on any atom is 0.147 e. The molecule has 1 heterocycles. The van der Waals surface area contributed by atoms with Gasteiger partial charge in [-0.2, -0.15) is 0 Å². The molecule has 1 nitrogen and oxygen atoms in total. The van der Waals surface area contributed by atoms with E-state index in [1.807, 2.05) is 18.2 Å². The standard InChI is InChI=1S/C13H14FN/c1-8(2)11-6-10-5-4-9(3)15-13(10)12(14)7-11/h4-8,15H,3H2,1-2H3. The number of hydrogen-bond donors (Lipinski definition) is 1. The maximum atomic E-state index is 13.7. The van der Waals surface area contributed by atoms with E-state index >= 15 is 0 Å². The molecule has 0 bridgehead atoms. The average Bonchev–Trinajstić information content (AvgIpc) is 2.18. The molecule has 0 atom stereocenters. The van der Waals surface area contributed by atoms with Crippen LogP contribution in [0.4, 0.5) is 10.1 Å². The van der Waals surface area contributed by atoms with Gasteiger partial charge in [-0.1, -0.05) is 26.5 Å². The second kappa shape index (κ2) is 3.54. The van der Waals surface area contributed by atoms with Crippen LogP contribution in [0.3, 0.4) is 0 Å². The van der Waals surface area contributed by atoms with E-state index in [2.05, 4.69) is 25.7 Å². The van der Waals surface area contributed by atoms with Crippen molar-refractivity contribution in [3.05, 3.63) is 47.4 Å². The molecular formula is C13H14FN. The monoisotopic (exact) mass is 203 g/mol. The van der Waals surface area contributed by atoms with Crippen molar-refractivity contribution >= 4 is 11.8 Å². The molecule has 1 aliphatic rings. The Morgan fingerprint density at radius 1 is 1.27 bits per heavy atom. The molecule has 0 radical (unpaired) electrons. The Labute approximate surface area is 89.3 Å². The Kier molecular flexibility index (Phi) is 2.35. The normalized spacial score (nSPS) is 14.0. The summed E-state index contributed by atoms with van der Waals surface area (Å²) in [7, 11) is 0. The van der Waals surface area contributed by atoms with Crippen LogP contribution >= 0.6 is 0 Å². The summed E-state index contributed by atoms with van der Waals surface area (Å²) < 4.78 is 13.7. The zero-order valence-corrected chi connectivity index (χ0v) is 8.97. The summed E-state index contributed by atoms with van der Waals surface area (Å²) >= 11 is 0. The van der Waals surface area contributed by atoms with Gasteiger partial charge in [-0.05, 0) is 29.7 Å². The molecule has 15 heavy (non-hydrogen) atoms. The Hall–Kier alpha value is -1.57. The topological polar surface area (TPSA) is 12.0 Å². The van der Waals surface area contributed by atoms with Crippen molar-refractivity contribution in [1.82, 2.24) is 0 Å². The number of nitrogens with one attached hydrogen (secondary N) is 1. The van der Waals surface area contributed by atoms with Gasteiger partial charge in [0.05, 0.1) is 5.69 Å². The Bertz CT molecular complexity index is 444. The fourth-order valence-corrected chi connectivity index (χ4v) is 1.64. The zero-order valence-electron chi connectivity index (χ0n) is 8.97. The van der Waals surface area contributed by atoms with Crippen LogP contribution in [-0.2, 0) is 0 Å². The molecule has 0 amide bonds. The van der Waals surface area contributed by atoms with Crippen molar-refractivity contribution in [2.75, 3.05) is 5.32 Å². The third-order valence-corrected chi connectivity index (χ3v) is 2.56. The maximum absolute atomic E-state index is 13.7. The quantitative estimate of drug-likeness (QED) is 0.729. The summed E-state index contributed by atoms with van der Waals surface area (Å²) in [6, 6.07) is 3.60. The minimum absolute atomic E-state index is 0.207. The summed E-state index contributed by atoms with van der Waals surface area (Å²) in [5.41, 5.74) is 3.17. The highest BCUT2D eigenvalue weighted by molar-refractivity contribution is 5.75. The fourth-order valence-electron chi connectivity index (χ4n) is 1.64. The Morgan fingerprint density at radius 2 is 2.00 bits per heavy atom. The van der Waals surface area contributed by atoms with Crippen molar-refractivity contribution < 1.29 is 4.39 Å². The van der Waals surface area contributed by atoms with Gasteiger partial charge in [-0.25, -0.2) is 4.39 Å². The summed E-state index contributed by atoms with van der Waals surface area (Å²) in [5.74, 6) is 0.130. The molecule has 1 aromatic carbocycles. The van der Waals surface area contributed by atoms with Crippen LogP contribution in [0.15, 0.2) is 30.5 Å². The predicted octanol–water partition coefficient (Wildman–Crippen LogP) is 3.90. The van der Waals surface area contributed by atoms with Gasteiger partial charge in [0.25, 0.3) is 0 Å². The molecule has 2 rings (SSSR count). The van der Waals surface area contributed by atoms with E-state index < -0.39 is 0 Å². The first-order chi connectivity index (χ1) is 7.08. The highest BCUT2D eigenvalue weighted by atomic mass is 19.1. The van der Waals surface area contributed by atoms with Gasteiger partial charge in [-0.15, -0.1) is 0 Å². The summed E-state index contributed by atoms with van der Waals surface area (Å²) in [4.78, 5) is 0. The van der Waals surface area contributed by atoms with Crippen molar-refractivity contribution in [2.24, 2.45) is 0 Å². The average molecular weight is 203 g/mol. The molecule has 0 aromatic heterocycles. The second-order valence-corrected chi connectivity index (χ2v) is 4.11. The van der Waals surface area contributed by atoms with E-state index in [0.717, 1.165) is 16.8 Å². The van der Waals surface area contributed by atoms with Crippen molar-refractivity contribution in [3.8, 4) is 0 Å². The minimum Gasteiger partial charge on any atom is -0.353 e. The van der Waals surface area contributed by atoms with Gasteiger partial charge in [0.15, 0.2) is 0 Å². The third kappa shape index (κ3) is 1.80. The number of benzene rings is 1. The van der Waals surface area contributed by atoms with Crippen molar-refractivity contribution in [3.63, 3.8) is 0 Å². The van der Waals surface area contributed by atoms with E-state index in [-0.39, 0.29) is 5.82 Å². The van der Waals surface area contributed by atoms with Crippen LogP contribution in [0.1, 0.15) is 30.9 Å². The molecule has 1 N–H and O–H groups in total. The summed E-state index contributed by atoms with van der Waals surface area (Å²) in [5, 5.41) is 2.94. The summed E-state index contributed by atoms with van der Waals surface area (Å²) in [6.07, 6.45) is 3.75. The van der Waals surface area contributed by atoms with Crippen LogP contribution in [0, 0.1) is 5.82 Å². The van der Waals surface area contributed by atoms with E-state index in [9.17, 15) is 4.39 Å². The van der Waals surface area contributed by atoms with E-state index in [1.54, 1.807) is 6.07 Å². The lowest BCUT2D eigenvalue weighted by Crippen LogP contribution is -2.05. The SMILES string of the molecule is C=C1C=Cc2cc(C(C)C)cc(F)c2N1. The largest absolute Gasteiger partial charge is 0.353 e. The van der Waals surface area contributed by atoms with Gasteiger partial charge < -0.3 is 5.32 Å². The van der Waals surface area contributed by atoms with Crippen LogP contribution in [0.25, 0.3) is 6.08 Å². The number of anilines is 1. The molecule has 0 saturated heterocycles. The summed E-state index contributed by atoms with van der Waals surface area (Å²) in [6.45, 7) is 7.86. The zero-order chi connectivity index (χ0) is 11.0. The van der Waals surface area contributed by atoms with Crippen LogP contribution in [-0.4, -0.2) is 0 Å². The van der Waals surface area contributed by atoms with Crippen LogP contribution < -0.4 is 5.32 Å². The molecular weight excluding hydrogens is 189 g/mol. The lowest BCUT2D eigenvalue weighted by atomic mass is 9.97. The second-order valence-electron chi connectivity index (χ2n) is 4.11. The van der Waals surface area contributed by atoms with Gasteiger partial charge in [0, 0.05) is 11.3 Å². The predicted molar refractivity (Wildman–Crippen MR) is 62.3 cm³/mol. The van der Waals surface area contributed by atoms with Gasteiger partial charge in [0.2, 0.25) is 0 Å². The van der Waals surface area contributed by atoms with Gasteiger partial charge >= 0.3 is 0 Å². The molecule has 0 saturated carbocycles. The Morgan fingerprint density at radius 3 is 2.67 bits per heavy atom. The number of hydrogen-bond acceptors (Lipinski definition) is 1. The first kappa shape index (κ1) is 9.97. The van der Waals surface area contributed by atoms with Crippen molar-refractivity contribution in [1.29, 1.82) is 0 Å². The lowest BCUT2D eigenvalue weighted by Gasteiger charge is -2.18. The smallest absolute Gasteiger partial charge is 0.147 e. The molecule has 0 aliphatic carbocycles. The molecule has 0 unspecified atom stereocenters. The van der Waals surface area contributed by atoms with Gasteiger partial charge in [0.1, 0.15) is 5.82 Å². The first-order valence-electron chi connectivity index (χ1n) is 5.05. The van der Waals surface area contributed by atoms with Crippen LogP contribution in [0.2, 0.25) is 0 Å². The molecule has 1 aliphatic heterocycles. The highest BCUT2D eigenvalue weighted by Gasteiger charge is 2.13. The fraction of sp³-hybridized carbons (Fsp3) is 0.231. The highest BCUT2D eigenvalue weighted by Crippen LogP contribution is 2.30. The number of rotatable bonds is 1. The Balaban J connectivity index is 2.55. The van der Waals surface area contributed by atoms with Crippen LogP contribution in [0.5, 0.6) is 0 Å². The number of fused-ring (bicyclic) bond motifs is 1. The molecule has 1 aromatic rings. The third-order valence-electron chi connectivity index (χ3n) is 2.56. The molecule has 0 spiro atoms. The van der Waals surface area contributed by atoms with E-state index in [1.165, 1.54) is 0 Å². The van der Waals surface area contributed by atoms with E-state index in [0.29, 0.717) is 11.6 Å². The van der Waals surface area contributed by atoms with Gasteiger partial charge in [-0.3, -0.25) is 0 Å². The molecule has 78 valence electrons. The van der Waals surface area contributed by atoms with Crippen molar-refractivity contribution in [2.45, 2.75) is 19.8 Å². The molecule has 0 fully saturated rings. The first-order valence-corrected chi connectivity index (χ1v) is 5.05. The minimum atomic E-state index is -0.207. The number of halogens is 1. The molecule has 2 heteroatoms. The lowest BCUT2D eigenvalue weighted by molar-refractivity contribution is 0.626. The number of allylic oxidation sites excluding steroid dienone is 1. The van der Waals surface area contributed by atoms with E-state index in [4.69, 9.17) is 0 Å².